The summed E-state index contributed by atoms with van der Waals surface area (Å²) < 4.78 is 0. The number of hydrogen-bond donors (Lipinski definition) is 1. The van der Waals surface area contributed by atoms with E-state index in [1.54, 1.807) is 0 Å². The first-order chi connectivity index (χ1) is 9.61. The van der Waals surface area contributed by atoms with Gasteiger partial charge in [0, 0.05) is 0 Å². The standard InChI is InChI=1S/C19H22O/c1-14(2)16-4-8-18(9-5-16)19-10-6-17(7-11-19)15(3)12-13-20/h4-12,14,20H,13H2,1-3H3/b15-12+. The Bertz CT molecular complexity index is 574. The average molecular weight is 266 g/mol. The highest BCUT2D eigenvalue weighted by atomic mass is 16.2. The zero-order chi connectivity index (χ0) is 14.5. The second kappa shape index (κ2) is 6.53. The summed E-state index contributed by atoms with van der Waals surface area (Å²) in [4.78, 5) is 0. The zero-order valence-electron chi connectivity index (χ0n) is 12.4. The third-order valence-corrected chi connectivity index (χ3v) is 3.65. The van der Waals surface area contributed by atoms with Crippen molar-refractivity contribution in [2.45, 2.75) is 26.7 Å². The molecule has 20 heavy (non-hydrogen) atoms. The van der Waals surface area contributed by atoms with E-state index in [4.69, 9.17) is 5.11 Å². The van der Waals surface area contributed by atoms with E-state index in [1.165, 1.54) is 16.7 Å². The van der Waals surface area contributed by atoms with Crippen molar-refractivity contribution in [2.75, 3.05) is 6.61 Å². The van der Waals surface area contributed by atoms with Crippen LogP contribution in [0.1, 0.15) is 37.8 Å². The molecule has 0 atom stereocenters. The van der Waals surface area contributed by atoms with Gasteiger partial charge in [-0.15, -0.1) is 0 Å². The summed E-state index contributed by atoms with van der Waals surface area (Å²) in [5, 5.41) is 8.92. The molecular weight excluding hydrogens is 244 g/mol. The van der Waals surface area contributed by atoms with E-state index in [1.807, 2.05) is 13.0 Å². The molecule has 2 aromatic rings. The Morgan fingerprint density at radius 2 is 1.45 bits per heavy atom. The lowest BCUT2D eigenvalue weighted by molar-refractivity contribution is 0.343. The van der Waals surface area contributed by atoms with E-state index in [0.717, 1.165) is 11.1 Å². The van der Waals surface area contributed by atoms with Crippen molar-refractivity contribution in [3.8, 4) is 11.1 Å². The fourth-order valence-corrected chi connectivity index (χ4v) is 2.24. The molecule has 2 rings (SSSR count). The minimum absolute atomic E-state index is 0.0875. The van der Waals surface area contributed by atoms with E-state index >= 15 is 0 Å². The fraction of sp³-hybridized carbons (Fsp3) is 0.263. The molecule has 0 aliphatic heterocycles. The molecule has 0 saturated heterocycles. The van der Waals surface area contributed by atoms with Crippen molar-refractivity contribution in [3.05, 3.63) is 65.7 Å². The van der Waals surface area contributed by atoms with Crippen molar-refractivity contribution >= 4 is 5.57 Å². The molecule has 0 heterocycles. The van der Waals surface area contributed by atoms with Gasteiger partial charge in [0.2, 0.25) is 0 Å². The maximum atomic E-state index is 8.92. The van der Waals surface area contributed by atoms with Crippen LogP contribution in [0.5, 0.6) is 0 Å². The Balaban J connectivity index is 2.23. The van der Waals surface area contributed by atoms with E-state index in [9.17, 15) is 0 Å². The maximum absolute atomic E-state index is 8.92. The highest BCUT2D eigenvalue weighted by Gasteiger charge is 2.02. The predicted octanol–water partition coefficient (Wildman–Crippen LogP) is 4.87. The largest absolute Gasteiger partial charge is 0.392 e. The van der Waals surface area contributed by atoms with Crippen molar-refractivity contribution in [1.82, 2.24) is 0 Å². The van der Waals surface area contributed by atoms with Crippen LogP contribution in [0.25, 0.3) is 16.7 Å². The van der Waals surface area contributed by atoms with Crippen molar-refractivity contribution in [2.24, 2.45) is 0 Å². The molecule has 0 fully saturated rings. The molecule has 0 spiro atoms. The molecule has 0 unspecified atom stereocenters. The zero-order valence-corrected chi connectivity index (χ0v) is 12.4. The first-order valence-corrected chi connectivity index (χ1v) is 7.10. The molecule has 0 aliphatic rings. The van der Waals surface area contributed by atoms with Crippen molar-refractivity contribution in [3.63, 3.8) is 0 Å². The smallest absolute Gasteiger partial charge is 0.0618 e. The number of aliphatic hydroxyl groups excluding tert-OH is 1. The van der Waals surface area contributed by atoms with Crippen LogP contribution in [0.3, 0.4) is 0 Å². The van der Waals surface area contributed by atoms with Gasteiger partial charge in [0.25, 0.3) is 0 Å². The van der Waals surface area contributed by atoms with Crippen LogP contribution in [0.4, 0.5) is 0 Å². The van der Waals surface area contributed by atoms with Gasteiger partial charge in [-0.3, -0.25) is 0 Å². The normalized spacial score (nSPS) is 11.9. The topological polar surface area (TPSA) is 20.2 Å². The molecule has 0 aromatic heterocycles. The summed E-state index contributed by atoms with van der Waals surface area (Å²) in [6.07, 6.45) is 1.83. The molecule has 0 bridgehead atoms. The van der Waals surface area contributed by atoms with Crippen LogP contribution in [0, 0.1) is 0 Å². The molecule has 0 aliphatic carbocycles. The van der Waals surface area contributed by atoms with Crippen molar-refractivity contribution in [1.29, 1.82) is 0 Å². The molecule has 1 heteroatoms. The fourth-order valence-electron chi connectivity index (χ4n) is 2.24. The van der Waals surface area contributed by atoms with Gasteiger partial charge in [0.1, 0.15) is 0 Å². The third kappa shape index (κ3) is 3.37. The van der Waals surface area contributed by atoms with Crippen LogP contribution in [0.2, 0.25) is 0 Å². The van der Waals surface area contributed by atoms with Gasteiger partial charge in [0.05, 0.1) is 6.61 Å². The molecular formula is C19H22O. The molecule has 0 saturated carbocycles. The highest BCUT2D eigenvalue weighted by Crippen LogP contribution is 2.24. The lowest BCUT2D eigenvalue weighted by atomic mass is 9.97. The van der Waals surface area contributed by atoms with E-state index in [-0.39, 0.29) is 6.61 Å². The maximum Gasteiger partial charge on any atom is 0.0618 e. The minimum atomic E-state index is 0.0875. The molecule has 1 N–H and O–H groups in total. The first kappa shape index (κ1) is 14.5. The summed E-state index contributed by atoms with van der Waals surface area (Å²) in [7, 11) is 0. The second-order valence-electron chi connectivity index (χ2n) is 5.42. The number of benzene rings is 2. The summed E-state index contributed by atoms with van der Waals surface area (Å²) in [5.41, 5.74) is 6.09. The van der Waals surface area contributed by atoms with Gasteiger partial charge in [0.15, 0.2) is 0 Å². The van der Waals surface area contributed by atoms with E-state index < -0.39 is 0 Å². The number of aliphatic hydroxyl groups is 1. The number of rotatable bonds is 4. The quantitative estimate of drug-likeness (QED) is 0.836. The van der Waals surface area contributed by atoms with Gasteiger partial charge in [-0.05, 0) is 40.7 Å². The predicted molar refractivity (Wildman–Crippen MR) is 86.7 cm³/mol. The van der Waals surface area contributed by atoms with Crippen LogP contribution in [-0.2, 0) is 0 Å². The van der Waals surface area contributed by atoms with Gasteiger partial charge in [-0.2, -0.15) is 0 Å². The summed E-state index contributed by atoms with van der Waals surface area (Å²) in [6, 6.07) is 17.2. The number of hydrogen-bond acceptors (Lipinski definition) is 1. The average Bonchev–Trinajstić information content (AvgIpc) is 2.48. The molecule has 0 amide bonds. The molecule has 104 valence electrons. The van der Waals surface area contributed by atoms with Gasteiger partial charge < -0.3 is 5.11 Å². The lowest BCUT2D eigenvalue weighted by Gasteiger charge is -2.08. The monoisotopic (exact) mass is 266 g/mol. The lowest BCUT2D eigenvalue weighted by Crippen LogP contribution is -1.87. The van der Waals surface area contributed by atoms with Crippen LogP contribution in [0.15, 0.2) is 54.6 Å². The molecule has 2 aromatic carbocycles. The summed E-state index contributed by atoms with van der Waals surface area (Å²) >= 11 is 0. The first-order valence-electron chi connectivity index (χ1n) is 7.10. The third-order valence-electron chi connectivity index (χ3n) is 3.65. The number of allylic oxidation sites excluding steroid dienone is 1. The van der Waals surface area contributed by atoms with Gasteiger partial charge in [-0.1, -0.05) is 68.5 Å². The van der Waals surface area contributed by atoms with Gasteiger partial charge in [-0.25, -0.2) is 0 Å². The SMILES string of the molecule is C/C(=C\CO)c1ccc(-c2ccc(C(C)C)cc2)cc1. The summed E-state index contributed by atoms with van der Waals surface area (Å²) in [6.45, 7) is 6.52. The molecule has 0 radical (unpaired) electrons. The Morgan fingerprint density at radius 1 is 0.950 bits per heavy atom. The Morgan fingerprint density at radius 3 is 1.90 bits per heavy atom. The van der Waals surface area contributed by atoms with Crippen LogP contribution in [-0.4, -0.2) is 11.7 Å². The Labute approximate surface area is 121 Å². The van der Waals surface area contributed by atoms with Crippen LogP contribution >= 0.6 is 0 Å². The van der Waals surface area contributed by atoms with E-state index in [0.29, 0.717) is 5.92 Å². The van der Waals surface area contributed by atoms with Gasteiger partial charge >= 0.3 is 0 Å². The highest BCUT2D eigenvalue weighted by molar-refractivity contribution is 5.69. The van der Waals surface area contributed by atoms with E-state index in [2.05, 4.69) is 62.4 Å². The molecule has 1 nitrogen and oxygen atoms in total. The summed E-state index contributed by atoms with van der Waals surface area (Å²) in [5.74, 6) is 0.567. The Kier molecular flexibility index (Phi) is 4.75. The Hall–Kier alpha value is -1.86. The van der Waals surface area contributed by atoms with Crippen LogP contribution < -0.4 is 0 Å². The minimum Gasteiger partial charge on any atom is -0.392 e. The van der Waals surface area contributed by atoms with Crippen molar-refractivity contribution < 1.29 is 5.11 Å². The second-order valence-corrected chi connectivity index (χ2v) is 5.42.